The molecule has 3 heteroatoms. The number of rotatable bonds is 6. The van der Waals surface area contributed by atoms with Gasteiger partial charge in [0.25, 0.3) is 0 Å². The van der Waals surface area contributed by atoms with Gasteiger partial charge in [-0.3, -0.25) is 0 Å². The monoisotopic (exact) mass is 199 g/mol. The number of hydrogen-bond acceptors (Lipinski definition) is 2. The lowest BCUT2D eigenvalue weighted by molar-refractivity contribution is -0.131. The maximum atomic E-state index is 10.3. The minimum absolute atomic E-state index is 0.437. The van der Waals surface area contributed by atoms with E-state index < -0.39 is 5.97 Å². The molecule has 1 atom stereocenters. The van der Waals surface area contributed by atoms with E-state index in [-0.39, 0.29) is 0 Å². The van der Waals surface area contributed by atoms with Crippen LogP contribution in [0, 0.1) is 5.92 Å². The lowest BCUT2D eigenvalue weighted by Crippen LogP contribution is -2.29. The van der Waals surface area contributed by atoms with E-state index in [4.69, 9.17) is 5.11 Å². The molecule has 0 aliphatic rings. The van der Waals surface area contributed by atoms with Crippen LogP contribution in [0.25, 0.3) is 0 Å². The first kappa shape index (κ1) is 13.2. The Morgan fingerprint density at radius 2 is 2.00 bits per heavy atom. The van der Waals surface area contributed by atoms with E-state index in [1.165, 1.54) is 6.08 Å². The van der Waals surface area contributed by atoms with Crippen LogP contribution >= 0.6 is 0 Å². The summed E-state index contributed by atoms with van der Waals surface area (Å²) >= 11 is 0. The minimum Gasteiger partial charge on any atom is -0.478 e. The molecule has 0 aromatic heterocycles. The van der Waals surface area contributed by atoms with Gasteiger partial charge in [0.2, 0.25) is 0 Å². The van der Waals surface area contributed by atoms with E-state index in [9.17, 15) is 4.79 Å². The SMILES string of the molecule is CC(=CC(=O)O)CNC(C)CC(C)C. The Kier molecular flexibility index (Phi) is 6.21. The molecule has 0 radical (unpaired) electrons. The van der Waals surface area contributed by atoms with Gasteiger partial charge >= 0.3 is 5.97 Å². The van der Waals surface area contributed by atoms with Gasteiger partial charge in [0.15, 0.2) is 0 Å². The predicted molar refractivity (Wildman–Crippen MR) is 58.3 cm³/mol. The summed E-state index contributed by atoms with van der Waals surface area (Å²) in [6.07, 6.45) is 2.36. The van der Waals surface area contributed by atoms with Crippen molar-refractivity contribution in [3.8, 4) is 0 Å². The number of nitrogens with one attached hydrogen (secondary N) is 1. The maximum absolute atomic E-state index is 10.3. The molecule has 0 saturated heterocycles. The number of carbonyl (C=O) groups is 1. The van der Waals surface area contributed by atoms with Crippen LogP contribution < -0.4 is 5.32 Å². The summed E-state index contributed by atoms with van der Waals surface area (Å²) in [6.45, 7) is 8.95. The average Bonchev–Trinajstić information content (AvgIpc) is 1.98. The van der Waals surface area contributed by atoms with Crippen LogP contribution in [0.3, 0.4) is 0 Å². The molecule has 82 valence electrons. The Labute approximate surface area is 86.2 Å². The molecule has 14 heavy (non-hydrogen) atoms. The van der Waals surface area contributed by atoms with Gasteiger partial charge in [0.05, 0.1) is 0 Å². The van der Waals surface area contributed by atoms with Gasteiger partial charge in [-0.25, -0.2) is 4.79 Å². The van der Waals surface area contributed by atoms with Crippen molar-refractivity contribution in [2.24, 2.45) is 5.92 Å². The van der Waals surface area contributed by atoms with Crippen molar-refractivity contribution < 1.29 is 9.90 Å². The van der Waals surface area contributed by atoms with E-state index in [2.05, 4.69) is 26.1 Å². The number of aliphatic carboxylic acids is 1. The third-order valence-electron chi connectivity index (χ3n) is 1.92. The minimum atomic E-state index is -0.874. The van der Waals surface area contributed by atoms with E-state index >= 15 is 0 Å². The van der Waals surface area contributed by atoms with Crippen molar-refractivity contribution in [1.82, 2.24) is 5.32 Å². The molecule has 3 nitrogen and oxygen atoms in total. The second-order valence-electron chi connectivity index (χ2n) is 4.24. The van der Waals surface area contributed by atoms with E-state index in [0.717, 1.165) is 12.0 Å². The van der Waals surface area contributed by atoms with Gasteiger partial charge in [0.1, 0.15) is 0 Å². The Morgan fingerprint density at radius 3 is 2.43 bits per heavy atom. The second-order valence-corrected chi connectivity index (χ2v) is 4.24. The van der Waals surface area contributed by atoms with Crippen LogP contribution in [0.4, 0.5) is 0 Å². The van der Waals surface area contributed by atoms with Crippen molar-refractivity contribution in [2.45, 2.75) is 40.2 Å². The summed E-state index contributed by atoms with van der Waals surface area (Å²) in [4.78, 5) is 10.3. The Bertz CT molecular complexity index is 209. The highest BCUT2D eigenvalue weighted by Crippen LogP contribution is 2.04. The lowest BCUT2D eigenvalue weighted by atomic mass is 10.1. The predicted octanol–water partition coefficient (Wildman–Crippen LogP) is 2.04. The highest BCUT2D eigenvalue weighted by Gasteiger charge is 2.04. The molecule has 0 aliphatic carbocycles. The highest BCUT2D eigenvalue weighted by atomic mass is 16.4. The van der Waals surface area contributed by atoms with Crippen molar-refractivity contribution in [3.05, 3.63) is 11.6 Å². The summed E-state index contributed by atoms with van der Waals surface area (Å²) in [7, 11) is 0. The summed E-state index contributed by atoms with van der Waals surface area (Å²) < 4.78 is 0. The third-order valence-corrected chi connectivity index (χ3v) is 1.92. The molecular weight excluding hydrogens is 178 g/mol. The van der Waals surface area contributed by atoms with Crippen molar-refractivity contribution in [1.29, 1.82) is 0 Å². The van der Waals surface area contributed by atoms with E-state index in [1.807, 2.05) is 6.92 Å². The first-order valence-corrected chi connectivity index (χ1v) is 5.05. The van der Waals surface area contributed by atoms with E-state index in [1.54, 1.807) is 0 Å². The molecule has 0 heterocycles. The van der Waals surface area contributed by atoms with Gasteiger partial charge in [-0.2, -0.15) is 0 Å². The number of hydrogen-bond donors (Lipinski definition) is 2. The standard InChI is InChI=1S/C11H21NO2/c1-8(2)5-10(4)12-7-9(3)6-11(13)14/h6,8,10,12H,5,7H2,1-4H3,(H,13,14). The zero-order chi connectivity index (χ0) is 11.1. The van der Waals surface area contributed by atoms with Gasteiger partial charge in [-0.15, -0.1) is 0 Å². The summed E-state index contributed by atoms with van der Waals surface area (Å²) in [5, 5.41) is 11.8. The van der Waals surface area contributed by atoms with Crippen LogP contribution in [0.2, 0.25) is 0 Å². The molecule has 2 N–H and O–H groups in total. The topological polar surface area (TPSA) is 49.3 Å². The molecule has 0 aromatic carbocycles. The number of carboxylic acids is 1. The summed E-state index contributed by atoms with van der Waals surface area (Å²) in [6, 6.07) is 0.437. The van der Waals surface area contributed by atoms with Gasteiger partial charge in [0, 0.05) is 18.7 Å². The van der Waals surface area contributed by atoms with Crippen LogP contribution in [-0.4, -0.2) is 23.7 Å². The Balaban J connectivity index is 3.76. The maximum Gasteiger partial charge on any atom is 0.328 e. The molecule has 0 aliphatic heterocycles. The normalized spacial score (nSPS) is 14.5. The highest BCUT2D eigenvalue weighted by molar-refractivity contribution is 5.80. The largest absolute Gasteiger partial charge is 0.478 e. The fourth-order valence-corrected chi connectivity index (χ4v) is 1.39. The number of carboxylic acid groups (broad SMARTS) is 1. The molecule has 0 fully saturated rings. The molecule has 1 unspecified atom stereocenters. The zero-order valence-electron chi connectivity index (χ0n) is 9.50. The van der Waals surface area contributed by atoms with Crippen LogP contribution in [-0.2, 0) is 4.79 Å². The fourth-order valence-electron chi connectivity index (χ4n) is 1.39. The van der Waals surface area contributed by atoms with Crippen molar-refractivity contribution in [2.75, 3.05) is 6.54 Å². The van der Waals surface area contributed by atoms with Crippen LogP contribution in [0.1, 0.15) is 34.1 Å². The van der Waals surface area contributed by atoms with Crippen molar-refractivity contribution in [3.63, 3.8) is 0 Å². The first-order valence-electron chi connectivity index (χ1n) is 5.05. The van der Waals surface area contributed by atoms with Gasteiger partial charge < -0.3 is 10.4 Å². The van der Waals surface area contributed by atoms with Crippen LogP contribution in [0.5, 0.6) is 0 Å². The van der Waals surface area contributed by atoms with Crippen LogP contribution in [0.15, 0.2) is 11.6 Å². The molecule has 0 spiro atoms. The first-order chi connectivity index (χ1) is 6.41. The molecule has 0 rings (SSSR count). The molecular formula is C11H21NO2. The summed E-state index contributed by atoms with van der Waals surface area (Å²) in [5.74, 6) is -0.206. The molecule has 0 bridgehead atoms. The van der Waals surface area contributed by atoms with Crippen molar-refractivity contribution >= 4 is 5.97 Å². The quantitative estimate of drug-likeness (QED) is 0.644. The van der Waals surface area contributed by atoms with E-state index in [0.29, 0.717) is 18.5 Å². The van der Waals surface area contributed by atoms with Gasteiger partial charge in [-0.1, -0.05) is 19.4 Å². The zero-order valence-corrected chi connectivity index (χ0v) is 9.50. The molecule has 0 saturated carbocycles. The molecule has 0 amide bonds. The lowest BCUT2D eigenvalue weighted by Gasteiger charge is -2.15. The smallest absolute Gasteiger partial charge is 0.328 e. The molecule has 0 aromatic rings. The Hall–Kier alpha value is -0.830. The third kappa shape index (κ3) is 7.80. The summed E-state index contributed by atoms with van der Waals surface area (Å²) in [5.41, 5.74) is 0.855. The Morgan fingerprint density at radius 1 is 1.43 bits per heavy atom. The van der Waals surface area contributed by atoms with Gasteiger partial charge in [-0.05, 0) is 26.2 Å². The second kappa shape index (κ2) is 6.60. The average molecular weight is 199 g/mol. The fraction of sp³-hybridized carbons (Fsp3) is 0.727.